The molecular weight excluding hydrogens is 294 g/mol. The van der Waals surface area contributed by atoms with Gasteiger partial charge in [0.2, 0.25) is 5.91 Å². The monoisotopic (exact) mass is 317 g/mol. The average molecular weight is 317 g/mol. The van der Waals surface area contributed by atoms with E-state index in [0.29, 0.717) is 24.2 Å². The summed E-state index contributed by atoms with van der Waals surface area (Å²) in [6.45, 7) is 4.06. The maximum absolute atomic E-state index is 12.2. The van der Waals surface area contributed by atoms with Crippen molar-refractivity contribution in [3.8, 4) is 0 Å². The number of carbonyl (C=O) groups excluding carboxylic acids is 1. The molecule has 1 fully saturated rings. The molecule has 1 aliphatic heterocycles. The van der Waals surface area contributed by atoms with Crippen molar-refractivity contribution in [3.63, 3.8) is 0 Å². The largest absolute Gasteiger partial charge is 0.360 e. The number of nitrogens with one attached hydrogen (secondary N) is 1. The van der Waals surface area contributed by atoms with E-state index in [-0.39, 0.29) is 5.91 Å². The van der Waals surface area contributed by atoms with Crippen molar-refractivity contribution in [1.82, 2.24) is 19.8 Å². The molecule has 1 saturated heterocycles. The second kappa shape index (κ2) is 7.41. The molecule has 1 atom stereocenters. The first-order chi connectivity index (χ1) is 11.2. The highest BCUT2D eigenvalue weighted by molar-refractivity contribution is 5.91. The van der Waals surface area contributed by atoms with E-state index in [4.69, 9.17) is 4.52 Å². The zero-order valence-electron chi connectivity index (χ0n) is 13.4. The number of aryl methyl sites for hydroxylation is 2. The number of rotatable bonds is 6. The van der Waals surface area contributed by atoms with E-state index in [9.17, 15) is 4.79 Å². The van der Waals surface area contributed by atoms with E-state index in [1.165, 1.54) is 6.42 Å². The number of piperidine rings is 1. The van der Waals surface area contributed by atoms with Crippen LogP contribution in [0.2, 0.25) is 0 Å². The Morgan fingerprint density at radius 3 is 3.13 bits per heavy atom. The lowest BCUT2D eigenvalue weighted by Gasteiger charge is -2.35. The van der Waals surface area contributed by atoms with E-state index in [1.807, 2.05) is 16.9 Å². The van der Waals surface area contributed by atoms with Crippen LogP contribution in [0.15, 0.2) is 29.0 Å². The van der Waals surface area contributed by atoms with Crippen LogP contribution < -0.4 is 5.32 Å². The summed E-state index contributed by atoms with van der Waals surface area (Å²) in [6.07, 6.45) is 8.30. The molecule has 0 saturated carbocycles. The molecule has 1 N–H and O–H groups in total. The summed E-state index contributed by atoms with van der Waals surface area (Å²) < 4.78 is 6.92. The molecule has 3 heterocycles. The van der Waals surface area contributed by atoms with Crippen molar-refractivity contribution in [2.24, 2.45) is 0 Å². The van der Waals surface area contributed by atoms with Crippen LogP contribution in [-0.4, -0.2) is 44.9 Å². The topological polar surface area (TPSA) is 76.2 Å². The summed E-state index contributed by atoms with van der Waals surface area (Å²) in [5, 5.41) is 10.8. The van der Waals surface area contributed by atoms with Crippen LogP contribution in [0.3, 0.4) is 0 Å². The Kier molecular flexibility index (Phi) is 5.07. The average Bonchev–Trinajstić information content (AvgIpc) is 3.18. The van der Waals surface area contributed by atoms with Crippen molar-refractivity contribution in [2.45, 2.75) is 45.2 Å². The molecule has 7 heteroatoms. The lowest BCUT2D eigenvalue weighted by Crippen LogP contribution is -2.44. The first-order valence-corrected chi connectivity index (χ1v) is 8.15. The Morgan fingerprint density at radius 1 is 1.48 bits per heavy atom. The van der Waals surface area contributed by atoms with Crippen LogP contribution in [0.4, 0.5) is 5.82 Å². The Labute approximate surface area is 135 Å². The summed E-state index contributed by atoms with van der Waals surface area (Å²) in [5.74, 6) is 1.14. The zero-order valence-corrected chi connectivity index (χ0v) is 13.4. The highest BCUT2D eigenvalue weighted by Gasteiger charge is 2.24. The molecule has 2 aromatic rings. The van der Waals surface area contributed by atoms with Crippen molar-refractivity contribution >= 4 is 11.7 Å². The van der Waals surface area contributed by atoms with E-state index < -0.39 is 0 Å². The normalized spacial score (nSPS) is 18.9. The fraction of sp³-hybridized carbons (Fsp3) is 0.562. The van der Waals surface area contributed by atoms with Crippen LogP contribution in [0.5, 0.6) is 0 Å². The maximum atomic E-state index is 12.2. The van der Waals surface area contributed by atoms with Gasteiger partial charge in [0.1, 0.15) is 5.76 Å². The third-order valence-electron chi connectivity index (χ3n) is 4.24. The van der Waals surface area contributed by atoms with E-state index in [1.54, 1.807) is 19.2 Å². The van der Waals surface area contributed by atoms with Gasteiger partial charge in [-0.25, -0.2) is 0 Å². The lowest BCUT2D eigenvalue weighted by atomic mass is 9.99. The van der Waals surface area contributed by atoms with E-state index >= 15 is 0 Å². The quantitative estimate of drug-likeness (QED) is 0.882. The highest BCUT2D eigenvalue weighted by Crippen LogP contribution is 2.20. The summed E-state index contributed by atoms with van der Waals surface area (Å²) in [7, 11) is 0. The number of likely N-dealkylation sites (tertiary alicyclic amines) is 1. The summed E-state index contributed by atoms with van der Waals surface area (Å²) in [4.78, 5) is 14.5. The summed E-state index contributed by atoms with van der Waals surface area (Å²) in [6, 6.07) is 4.09. The summed E-state index contributed by atoms with van der Waals surface area (Å²) in [5.41, 5.74) is 0. The minimum atomic E-state index is -0.0377. The molecule has 1 aliphatic rings. The molecule has 2 aromatic heterocycles. The predicted molar refractivity (Wildman–Crippen MR) is 85.9 cm³/mol. The van der Waals surface area contributed by atoms with Crippen molar-refractivity contribution in [3.05, 3.63) is 30.3 Å². The number of aromatic nitrogens is 3. The van der Waals surface area contributed by atoms with Crippen LogP contribution in [0.25, 0.3) is 0 Å². The number of amides is 1. The van der Waals surface area contributed by atoms with Crippen LogP contribution in [-0.2, 0) is 11.3 Å². The third-order valence-corrected chi connectivity index (χ3v) is 4.24. The Balaban J connectivity index is 1.52. The highest BCUT2D eigenvalue weighted by atomic mass is 16.5. The molecule has 3 rings (SSSR count). The van der Waals surface area contributed by atoms with Gasteiger partial charge in [0.15, 0.2) is 5.82 Å². The molecule has 23 heavy (non-hydrogen) atoms. The Morgan fingerprint density at radius 2 is 2.39 bits per heavy atom. The minimum absolute atomic E-state index is 0.0377. The molecular formula is C16H23N5O2. The second-order valence-corrected chi connectivity index (χ2v) is 6.05. The van der Waals surface area contributed by atoms with Crippen LogP contribution in [0, 0.1) is 6.92 Å². The van der Waals surface area contributed by atoms with Gasteiger partial charge in [-0.3, -0.25) is 14.4 Å². The van der Waals surface area contributed by atoms with E-state index in [0.717, 1.165) is 32.4 Å². The molecule has 1 unspecified atom stereocenters. The SMILES string of the molecule is Cc1cc(NC(=O)CN2CCCCC2CCn2cccn2)no1. The minimum Gasteiger partial charge on any atom is -0.360 e. The molecule has 0 radical (unpaired) electrons. The third kappa shape index (κ3) is 4.41. The van der Waals surface area contributed by atoms with Gasteiger partial charge in [0.05, 0.1) is 6.54 Å². The first-order valence-electron chi connectivity index (χ1n) is 8.15. The number of hydrogen-bond donors (Lipinski definition) is 1. The van der Waals surface area contributed by atoms with Gasteiger partial charge in [-0.15, -0.1) is 0 Å². The van der Waals surface area contributed by atoms with Gasteiger partial charge in [-0.2, -0.15) is 5.10 Å². The van der Waals surface area contributed by atoms with Gasteiger partial charge in [0.25, 0.3) is 0 Å². The molecule has 0 aliphatic carbocycles. The van der Waals surface area contributed by atoms with E-state index in [2.05, 4.69) is 20.5 Å². The molecule has 7 nitrogen and oxygen atoms in total. The fourth-order valence-electron chi connectivity index (χ4n) is 3.10. The lowest BCUT2D eigenvalue weighted by molar-refractivity contribution is -0.118. The number of nitrogens with zero attached hydrogens (tertiary/aromatic N) is 4. The predicted octanol–water partition coefficient (Wildman–Crippen LogP) is 2.06. The van der Waals surface area contributed by atoms with Crippen molar-refractivity contribution in [2.75, 3.05) is 18.4 Å². The Hall–Kier alpha value is -2.15. The van der Waals surface area contributed by atoms with Gasteiger partial charge >= 0.3 is 0 Å². The Bertz CT molecular complexity index is 622. The van der Waals surface area contributed by atoms with Crippen LogP contribution >= 0.6 is 0 Å². The fourth-order valence-corrected chi connectivity index (χ4v) is 3.10. The molecule has 0 bridgehead atoms. The number of hydrogen-bond acceptors (Lipinski definition) is 5. The zero-order chi connectivity index (χ0) is 16.1. The molecule has 0 aromatic carbocycles. The maximum Gasteiger partial charge on any atom is 0.239 e. The van der Waals surface area contributed by atoms with Gasteiger partial charge in [-0.1, -0.05) is 11.6 Å². The molecule has 0 spiro atoms. The first kappa shape index (κ1) is 15.7. The summed E-state index contributed by atoms with van der Waals surface area (Å²) >= 11 is 0. The van der Waals surface area contributed by atoms with Crippen molar-refractivity contribution < 1.29 is 9.32 Å². The molecule has 124 valence electrons. The van der Waals surface area contributed by atoms with Crippen molar-refractivity contribution in [1.29, 1.82) is 0 Å². The van der Waals surface area contributed by atoms with Gasteiger partial charge < -0.3 is 9.84 Å². The van der Waals surface area contributed by atoms with Gasteiger partial charge in [0, 0.05) is 31.0 Å². The standard InChI is InChI=1S/C16H23N5O2/c1-13-11-15(19-23-13)18-16(22)12-20-8-3-2-5-14(20)6-10-21-9-4-7-17-21/h4,7,9,11,14H,2-3,5-6,8,10,12H2,1H3,(H,18,19,22). The van der Waals surface area contributed by atoms with Gasteiger partial charge in [-0.05, 0) is 38.8 Å². The molecule has 1 amide bonds. The smallest absolute Gasteiger partial charge is 0.239 e. The number of anilines is 1. The van der Waals surface area contributed by atoms with Crippen LogP contribution in [0.1, 0.15) is 31.4 Å². The second-order valence-electron chi connectivity index (χ2n) is 6.05. The number of carbonyl (C=O) groups is 1.